The van der Waals surface area contributed by atoms with Gasteiger partial charge < -0.3 is 19.5 Å². The average molecular weight is 392 g/mol. The van der Waals surface area contributed by atoms with Crippen LogP contribution in [0.2, 0.25) is 0 Å². The Kier molecular flexibility index (Phi) is 9.83. The lowest BCUT2D eigenvalue weighted by Gasteiger charge is -2.13. The fraction of sp³-hybridized carbons (Fsp3) is 0.286. The van der Waals surface area contributed by atoms with Crippen molar-refractivity contribution in [3.63, 3.8) is 0 Å². The van der Waals surface area contributed by atoms with Crippen molar-refractivity contribution in [3.8, 4) is 0 Å². The summed E-state index contributed by atoms with van der Waals surface area (Å²) >= 11 is 6.15. The molecule has 5 nitrogen and oxygen atoms in total. The first-order valence-electron chi connectivity index (χ1n) is 8.39. The predicted molar refractivity (Wildman–Crippen MR) is 109 cm³/mol. The molecule has 146 valence electrons. The maximum atomic E-state index is 12.8. The van der Waals surface area contributed by atoms with Gasteiger partial charge in [0.25, 0.3) is 0 Å². The van der Waals surface area contributed by atoms with E-state index >= 15 is 0 Å². The van der Waals surface area contributed by atoms with Crippen LogP contribution in [0.1, 0.15) is 19.8 Å². The Hall–Kier alpha value is -2.66. The summed E-state index contributed by atoms with van der Waals surface area (Å²) in [5.41, 5.74) is 0.760. The minimum atomic E-state index is -0.212. The van der Waals surface area contributed by atoms with Gasteiger partial charge in [0, 0.05) is 26.1 Å². The van der Waals surface area contributed by atoms with Gasteiger partial charge in [0.1, 0.15) is 17.3 Å². The van der Waals surface area contributed by atoms with Crippen LogP contribution in [-0.2, 0) is 19.0 Å². The number of methoxy groups -OCH3 is 2. The Morgan fingerprint density at radius 2 is 2.07 bits per heavy atom. The van der Waals surface area contributed by atoms with Crippen LogP contribution in [0, 0.1) is 0 Å². The number of halogens is 1. The number of allylic oxidation sites excluding steroid dienone is 10. The SMILES string of the molecule is C=C/C=C\C(Cl)=C(/C)O/C(=C\NC)C(=O)CC1=C(OC)CC=C(OC)C=C1. The summed E-state index contributed by atoms with van der Waals surface area (Å²) in [6, 6.07) is 0. The molecule has 0 aliphatic heterocycles. The van der Waals surface area contributed by atoms with Crippen LogP contribution in [0.15, 0.2) is 82.9 Å². The molecule has 0 fully saturated rings. The molecule has 0 unspecified atom stereocenters. The molecule has 0 atom stereocenters. The molecule has 0 saturated heterocycles. The molecule has 0 saturated carbocycles. The molecule has 0 spiro atoms. The van der Waals surface area contributed by atoms with E-state index in [1.807, 2.05) is 12.2 Å². The number of Topliss-reactive ketones (excluding diaryl/α,β-unsaturated/α-hetero) is 1. The third-order valence-corrected chi connectivity index (χ3v) is 4.05. The van der Waals surface area contributed by atoms with Gasteiger partial charge in [-0.1, -0.05) is 36.4 Å². The monoisotopic (exact) mass is 391 g/mol. The zero-order valence-electron chi connectivity index (χ0n) is 16.2. The van der Waals surface area contributed by atoms with Gasteiger partial charge in [0.15, 0.2) is 5.76 Å². The van der Waals surface area contributed by atoms with E-state index in [0.29, 0.717) is 28.7 Å². The summed E-state index contributed by atoms with van der Waals surface area (Å²) in [5.74, 6) is 1.77. The quantitative estimate of drug-likeness (QED) is 0.334. The summed E-state index contributed by atoms with van der Waals surface area (Å²) in [4.78, 5) is 12.8. The topological polar surface area (TPSA) is 56.8 Å². The highest BCUT2D eigenvalue weighted by Crippen LogP contribution is 2.24. The van der Waals surface area contributed by atoms with Crippen LogP contribution in [-0.4, -0.2) is 27.1 Å². The maximum absolute atomic E-state index is 12.8. The van der Waals surface area contributed by atoms with E-state index in [4.69, 9.17) is 25.8 Å². The first kappa shape index (κ1) is 22.4. The van der Waals surface area contributed by atoms with Crippen molar-refractivity contribution in [1.29, 1.82) is 0 Å². The standard InChI is InChI=1S/C21H26ClNO4/c1-6-7-8-18(22)15(2)27-21(14-23-3)19(24)13-16-9-10-17(25-4)11-12-20(16)26-5/h6-11,14,23H,1,12-13H2,2-5H3/b8-7-,18-15-,21-14-. The van der Waals surface area contributed by atoms with Gasteiger partial charge in [-0.3, -0.25) is 4.79 Å². The zero-order chi connectivity index (χ0) is 20.2. The van der Waals surface area contributed by atoms with Gasteiger partial charge in [-0.2, -0.15) is 0 Å². The van der Waals surface area contributed by atoms with Gasteiger partial charge in [0.2, 0.25) is 5.78 Å². The molecule has 0 aromatic rings. The van der Waals surface area contributed by atoms with Crippen molar-refractivity contribution >= 4 is 17.4 Å². The largest absolute Gasteiger partial charge is 0.500 e. The van der Waals surface area contributed by atoms with Crippen LogP contribution < -0.4 is 5.32 Å². The minimum absolute atomic E-state index is 0.116. The normalized spacial score (nSPS) is 15.7. The van der Waals surface area contributed by atoms with Crippen molar-refractivity contribution in [2.24, 2.45) is 0 Å². The molecule has 0 amide bonds. The molecular formula is C21H26ClNO4. The van der Waals surface area contributed by atoms with E-state index in [9.17, 15) is 4.79 Å². The highest BCUT2D eigenvalue weighted by atomic mass is 35.5. The second-order valence-corrected chi connectivity index (χ2v) is 5.91. The van der Waals surface area contributed by atoms with Crippen molar-refractivity contribution in [2.45, 2.75) is 19.8 Å². The molecule has 1 N–H and O–H groups in total. The van der Waals surface area contributed by atoms with Crippen molar-refractivity contribution < 1.29 is 19.0 Å². The van der Waals surface area contributed by atoms with Crippen LogP contribution in [0.5, 0.6) is 0 Å². The molecule has 1 aliphatic carbocycles. The number of carbonyl (C=O) groups is 1. The Labute approximate surface area is 166 Å². The molecule has 6 heteroatoms. The van der Waals surface area contributed by atoms with Gasteiger partial charge in [0.05, 0.1) is 19.3 Å². The summed E-state index contributed by atoms with van der Waals surface area (Å²) < 4.78 is 16.4. The van der Waals surface area contributed by atoms with E-state index in [2.05, 4.69) is 11.9 Å². The Morgan fingerprint density at radius 1 is 1.33 bits per heavy atom. The zero-order valence-corrected chi connectivity index (χ0v) is 16.9. The van der Waals surface area contributed by atoms with Crippen molar-refractivity contribution in [1.82, 2.24) is 5.32 Å². The molecule has 1 aliphatic rings. The van der Waals surface area contributed by atoms with Crippen LogP contribution in [0.3, 0.4) is 0 Å². The predicted octanol–water partition coefficient (Wildman–Crippen LogP) is 4.63. The molecule has 0 radical (unpaired) electrons. The van der Waals surface area contributed by atoms with Crippen molar-refractivity contribution in [3.05, 3.63) is 82.9 Å². The second-order valence-electron chi connectivity index (χ2n) is 5.50. The number of nitrogens with one attached hydrogen (secondary N) is 1. The fourth-order valence-electron chi connectivity index (χ4n) is 2.23. The highest BCUT2D eigenvalue weighted by molar-refractivity contribution is 6.31. The van der Waals surface area contributed by atoms with Crippen molar-refractivity contribution in [2.75, 3.05) is 21.3 Å². The molecule has 0 aromatic carbocycles. The molecular weight excluding hydrogens is 366 g/mol. The van der Waals surface area contributed by atoms with E-state index in [1.165, 1.54) is 6.20 Å². The van der Waals surface area contributed by atoms with Gasteiger partial charge in [-0.15, -0.1) is 0 Å². The summed E-state index contributed by atoms with van der Waals surface area (Å²) in [5, 5.41) is 3.20. The van der Waals surface area contributed by atoms with Crippen LogP contribution >= 0.6 is 11.6 Å². The lowest BCUT2D eigenvalue weighted by atomic mass is 10.1. The summed E-state index contributed by atoms with van der Waals surface area (Å²) in [7, 11) is 4.87. The first-order chi connectivity index (χ1) is 13.0. The fourth-order valence-corrected chi connectivity index (χ4v) is 2.34. The first-order valence-corrected chi connectivity index (χ1v) is 8.76. The van der Waals surface area contributed by atoms with E-state index in [-0.39, 0.29) is 18.0 Å². The minimum Gasteiger partial charge on any atom is -0.500 e. The third kappa shape index (κ3) is 7.23. The van der Waals surface area contributed by atoms with E-state index in [1.54, 1.807) is 52.5 Å². The van der Waals surface area contributed by atoms with E-state index < -0.39 is 0 Å². The summed E-state index contributed by atoms with van der Waals surface area (Å²) in [6.07, 6.45) is 12.6. The van der Waals surface area contributed by atoms with Crippen LogP contribution in [0.25, 0.3) is 0 Å². The number of ether oxygens (including phenoxy) is 3. The highest BCUT2D eigenvalue weighted by Gasteiger charge is 2.18. The Morgan fingerprint density at radius 3 is 2.67 bits per heavy atom. The maximum Gasteiger partial charge on any atom is 0.203 e. The number of ketones is 1. The molecule has 27 heavy (non-hydrogen) atoms. The lowest BCUT2D eigenvalue weighted by molar-refractivity contribution is -0.117. The number of hydrogen-bond donors (Lipinski definition) is 1. The van der Waals surface area contributed by atoms with Crippen LogP contribution in [0.4, 0.5) is 0 Å². The third-order valence-electron chi connectivity index (χ3n) is 3.66. The van der Waals surface area contributed by atoms with Gasteiger partial charge in [-0.05, 0) is 30.7 Å². The summed E-state index contributed by atoms with van der Waals surface area (Å²) in [6.45, 7) is 5.28. The Balaban J connectivity index is 3.02. The Bertz CT molecular complexity index is 739. The lowest BCUT2D eigenvalue weighted by Crippen LogP contribution is -2.11. The molecule has 0 heterocycles. The second kappa shape index (κ2) is 11.9. The smallest absolute Gasteiger partial charge is 0.203 e. The number of hydrogen-bond acceptors (Lipinski definition) is 5. The van der Waals surface area contributed by atoms with Gasteiger partial charge in [-0.25, -0.2) is 0 Å². The van der Waals surface area contributed by atoms with Gasteiger partial charge >= 0.3 is 0 Å². The molecule has 0 bridgehead atoms. The number of rotatable bonds is 10. The van der Waals surface area contributed by atoms with E-state index in [0.717, 1.165) is 5.57 Å². The molecule has 0 aromatic heterocycles. The number of carbonyl (C=O) groups excluding carboxylic acids is 1. The average Bonchev–Trinajstić information content (AvgIpc) is 2.87. The molecule has 1 rings (SSSR count).